The van der Waals surface area contributed by atoms with Crippen molar-refractivity contribution in [3.8, 4) is 11.5 Å². The molecule has 4 aromatic rings. The molecular weight excluding hydrogens is 586 g/mol. The fraction of sp³-hybridized carbons (Fsp3) is 0.212. The summed E-state index contributed by atoms with van der Waals surface area (Å²) in [4.78, 5) is 28.4. The summed E-state index contributed by atoms with van der Waals surface area (Å²) in [6.07, 6.45) is 0.733. The van der Waals surface area contributed by atoms with Crippen LogP contribution in [-0.2, 0) is 26.2 Å². The van der Waals surface area contributed by atoms with Crippen molar-refractivity contribution in [1.29, 1.82) is 0 Å². The molecule has 0 aliphatic heterocycles. The molecule has 0 bridgehead atoms. The highest BCUT2D eigenvalue weighted by Crippen LogP contribution is 2.28. The zero-order valence-electron chi connectivity index (χ0n) is 24.0. The molecule has 1 N–H and O–H groups in total. The van der Waals surface area contributed by atoms with Gasteiger partial charge < -0.3 is 15.0 Å². The Morgan fingerprint density at radius 1 is 0.837 bits per heavy atom. The smallest absolute Gasteiger partial charge is 0.264 e. The second-order valence-electron chi connectivity index (χ2n) is 9.85. The molecule has 0 radical (unpaired) electrons. The van der Waals surface area contributed by atoms with Crippen LogP contribution in [0.4, 0.5) is 5.69 Å². The summed E-state index contributed by atoms with van der Waals surface area (Å²) in [5, 5.41) is 3.37. The molecule has 0 aromatic heterocycles. The second-order valence-corrected chi connectivity index (χ2v) is 12.1. The van der Waals surface area contributed by atoms with Crippen LogP contribution in [0.5, 0.6) is 11.5 Å². The minimum atomic E-state index is -4.17. The number of nitrogens with one attached hydrogen (secondary N) is 1. The number of para-hydroxylation sites is 1. The Balaban J connectivity index is 1.68. The number of hydrogen-bond donors (Lipinski definition) is 1. The molecule has 224 valence electrons. The van der Waals surface area contributed by atoms with Gasteiger partial charge in [-0.15, -0.1) is 0 Å². The van der Waals surface area contributed by atoms with Crippen molar-refractivity contribution in [2.45, 2.75) is 37.8 Å². The normalized spacial score (nSPS) is 11.8. The van der Waals surface area contributed by atoms with Crippen molar-refractivity contribution in [3.63, 3.8) is 0 Å². The van der Waals surface area contributed by atoms with Gasteiger partial charge in [0.15, 0.2) is 0 Å². The van der Waals surface area contributed by atoms with Crippen LogP contribution in [0.25, 0.3) is 0 Å². The van der Waals surface area contributed by atoms with Gasteiger partial charge >= 0.3 is 0 Å². The Bertz CT molecular complexity index is 1600. The first kappa shape index (κ1) is 31.6. The number of carbonyl (C=O) groups is 2. The average molecular weight is 620 g/mol. The van der Waals surface area contributed by atoms with Crippen LogP contribution in [0.15, 0.2) is 114 Å². The fourth-order valence-corrected chi connectivity index (χ4v) is 5.88. The highest BCUT2D eigenvalue weighted by Gasteiger charge is 2.32. The van der Waals surface area contributed by atoms with Gasteiger partial charge in [-0.3, -0.25) is 13.9 Å². The van der Waals surface area contributed by atoms with Crippen LogP contribution >= 0.6 is 11.6 Å². The molecule has 0 saturated carbocycles. The zero-order chi connectivity index (χ0) is 30.8. The lowest BCUT2D eigenvalue weighted by Crippen LogP contribution is -2.51. The van der Waals surface area contributed by atoms with E-state index in [0.717, 1.165) is 16.3 Å². The van der Waals surface area contributed by atoms with Gasteiger partial charge in [0.2, 0.25) is 11.8 Å². The number of sulfonamides is 1. The molecule has 1 atom stereocenters. The summed E-state index contributed by atoms with van der Waals surface area (Å²) in [5.74, 6) is 0.263. The molecule has 0 heterocycles. The molecule has 0 aliphatic carbocycles. The van der Waals surface area contributed by atoms with Crippen LogP contribution in [-0.4, -0.2) is 44.3 Å². The lowest BCUT2D eigenvalue weighted by molar-refractivity contribution is -0.139. The molecule has 0 unspecified atom stereocenters. The predicted octanol–water partition coefficient (Wildman–Crippen LogP) is 6.27. The number of carbonyl (C=O) groups excluding carboxylic acids is 2. The quantitative estimate of drug-likeness (QED) is 0.190. The number of amides is 2. The molecule has 0 saturated heterocycles. The number of hydrogen-bond acceptors (Lipinski definition) is 5. The lowest BCUT2D eigenvalue weighted by atomic mass is 10.1. The largest absolute Gasteiger partial charge is 0.457 e. The molecular formula is C33H34ClN3O5S. The first-order chi connectivity index (χ1) is 20.7. The van der Waals surface area contributed by atoms with Gasteiger partial charge in [-0.2, -0.15) is 0 Å². The maximum Gasteiger partial charge on any atom is 0.264 e. The topological polar surface area (TPSA) is 96.0 Å². The Hall–Kier alpha value is -4.34. The van der Waals surface area contributed by atoms with Crippen LogP contribution in [0, 0.1) is 0 Å². The Morgan fingerprint density at radius 3 is 2.02 bits per heavy atom. The number of benzene rings is 4. The van der Waals surface area contributed by atoms with Crippen LogP contribution in [0.2, 0.25) is 5.02 Å². The highest BCUT2D eigenvalue weighted by atomic mass is 35.5. The minimum absolute atomic E-state index is 0.0328. The van der Waals surface area contributed by atoms with E-state index in [1.165, 1.54) is 17.0 Å². The van der Waals surface area contributed by atoms with Crippen molar-refractivity contribution in [3.05, 3.63) is 120 Å². The van der Waals surface area contributed by atoms with Gasteiger partial charge in [-0.05, 0) is 79.6 Å². The predicted molar refractivity (Wildman–Crippen MR) is 169 cm³/mol. The Labute approximate surface area is 257 Å². The van der Waals surface area contributed by atoms with Gasteiger partial charge in [0.1, 0.15) is 24.1 Å². The highest BCUT2D eigenvalue weighted by molar-refractivity contribution is 7.92. The van der Waals surface area contributed by atoms with Crippen LogP contribution < -0.4 is 14.4 Å². The van der Waals surface area contributed by atoms with Gasteiger partial charge in [0, 0.05) is 18.1 Å². The maximum atomic E-state index is 14.0. The molecule has 0 aliphatic rings. The van der Waals surface area contributed by atoms with Gasteiger partial charge in [-0.1, -0.05) is 67.1 Å². The molecule has 2 amide bonds. The molecule has 43 heavy (non-hydrogen) atoms. The lowest BCUT2D eigenvalue weighted by Gasteiger charge is -2.32. The number of rotatable bonds is 13. The van der Waals surface area contributed by atoms with Crippen LogP contribution in [0.1, 0.15) is 25.8 Å². The van der Waals surface area contributed by atoms with Gasteiger partial charge in [0.05, 0.1) is 10.6 Å². The van der Waals surface area contributed by atoms with Crippen molar-refractivity contribution in [2.24, 2.45) is 0 Å². The van der Waals surface area contributed by atoms with Gasteiger partial charge in [-0.25, -0.2) is 8.42 Å². The summed E-state index contributed by atoms with van der Waals surface area (Å²) in [6.45, 7) is 3.57. The summed E-state index contributed by atoms with van der Waals surface area (Å²) in [6, 6.07) is 29.7. The van der Waals surface area contributed by atoms with Gasteiger partial charge in [0.25, 0.3) is 10.0 Å². The van der Waals surface area contributed by atoms with E-state index < -0.39 is 28.5 Å². The number of anilines is 1. The third kappa shape index (κ3) is 8.37. The average Bonchev–Trinajstić information content (AvgIpc) is 3.03. The fourth-order valence-electron chi connectivity index (χ4n) is 4.32. The molecule has 8 nitrogen and oxygen atoms in total. The van der Waals surface area contributed by atoms with E-state index in [1.807, 2.05) is 37.3 Å². The Morgan fingerprint density at radius 2 is 1.42 bits per heavy atom. The summed E-state index contributed by atoms with van der Waals surface area (Å²) in [5.41, 5.74) is 1.01. The third-order valence-corrected chi connectivity index (χ3v) is 8.74. The number of nitrogens with zero attached hydrogens (tertiary/aromatic N) is 2. The van der Waals surface area contributed by atoms with Crippen molar-refractivity contribution in [2.75, 3.05) is 17.4 Å². The maximum absolute atomic E-state index is 14.0. The van der Waals surface area contributed by atoms with E-state index in [0.29, 0.717) is 23.1 Å². The first-order valence-corrected chi connectivity index (χ1v) is 15.7. The van der Waals surface area contributed by atoms with Crippen molar-refractivity contribution >= 4 is 39.1 Å². The van der Waals surface area contributed by atoms with E-state index in [9.17, 15) is 18.0 Å². The minimum Gasteiger partial charge on any atom is -0.457 e. The van der Waals surface area contributed by atoms with Crippen molar-refractivity contribution < 1.29 is 22.7 Å². The number of ether oxygens (including phenoxy) is 1. The standard InChI is InChI=1S/C33H34ClN3O5S/c1-3-22-35-33(39)25(2)36(23-26-14-16-27(34)17-15-26)32(38)24-37(43(40,41)31-12-8-5-9-13-31)28-18-20-30(21-19-28)42-29-10-6-4-7-11-29/h4-21,25H,3,22-24H2,1-2H3,(H,35,39)/t25-/m1/s1. The summed E-state index contributed by atoms with van der Waals surface area (Å²) < 4.78 is 34.8. The second kappa shape index (κ2) is 14.7. The summed E-state index contributed by atoms with van der Waals surface area (Å²) >= 11 is 6.06. The Kier molecular flexibility index (Phi) is 10.8. The monoisotopic (exact) mass is 619 g/mol. The number of halogens is 1. The first-order valence-electron chi connectivity index (χ1n) is 13.9. The SMILES string of the molecule is CCCNC(=O)[C@@H](C)N(Cc1ccc(Cl)cc1)C(=O)CN(c1ccc(Oc2ccccc2)cc1)S(=O)(=O)c1ccccc1. The molecule has 0 fully saturated rings. The molecule has 4 rings (SSSR count). The van der Waals surface area contributed by atoms with E-state index >= 15 is 0 Å². The molecule has 0 spiro atoms. The zero-order valence-corrected chi connectivity index (χ0v) is 25.6. The van der Waals surface area contributed by atoms with E-state index in [1.54, 1.807) is 73.7 Å². The molecule has 4 aromatic carbocycles. The summed E-state index contributed by atoms with van der Waals surface area (Å²) in [7, 11) is -4.17. The van der Waals surface area contributed by atoms with E-state index in [-0.39, 0.29) is 23.0 Å². The van der Waals surface area contributed by atoms with Crippen LogP contribution in [0.3, 0.4) is 0 Å². The third-order valence-electron chi connectivity index (χ3n) is 6.70. The van der Waals surface area contributed by atoms with E-state index in [2.05, 4.69) is 5.32 Å². The van der Waals surface area contributed by atoms with E-state index in [4.69, 9.17) is 16.3 Å². The molecule has 10 heteroatoms. The van der Waals surface area contributed by atoms with Crippen molar-refractivity contribution in [1.82, 2.24) is 10.2 Å².